The molecule has 2 aliphatic rings. The summed E-state index contributed by atoms with van der Waals surface area (Å²) in [5, 5.41) is 1.05. The van der Waals surface area contributed by atoms with Crippen LogP contribution in [-0.4, -0.2) is 48.0 Å². The lowest BCUT2D eigenvalue weighted by Gasteiger charge is -2.34. The summed E-state index contributed by atoms with van der Waals surface area (Å²) in [6, 6.07) is 9.79. The smallest absolute Gasteiger partial charge is 0.237 e. The lowest BCUT2D eigenvalue weighted by Crippen LogP contribution is -2.46. The SMILES string of the molecule is Cc1ccc(CN(C(=O)CN2CCOC(c3ccc(Cl)c(Cl)c3)C2)C2CC2)o1. The first-order valence-corrected chi connectivity index (χ1v) is 10.4. The fraction of sp³-hybridized carbons (Fsp3) is 0.476. The molecule has 1 aliphatic carbocycles. The van der Waals surface area contributed by atoms with Gasteiger partial charge in [0.2, 0.25) is 5.91 Å². The number of hydrogen-bond donors (Lipinski definition) is 0. The van der Waals surface area contributed by atoms with E-state index in [1.807, 2.05) is 36.1 Å². The molecule has 1 aliphatic heterocycles. The first kappa shape index (κ1) is 19.8. The quantitative estimate of drug-likeness (QED) is 0.689. The highest BCUT2D eigenvalue weighted by atomic mass is 35.5. The number of furan rings is 1. The van der Waals surface area contributed by atoms with Crippen LogP contribution < -0.4 is 0 Å². The minimum atomic E-state index is -0.113. The van der Waals surface area contributed by atoms with Crippen molar-refractivity contribution in [3.63, 3.8) is 0 Å². The Morgan fingerprint density at radius 2 is 2.04 bits per heavy atom. The molecule has 1 unspecified atom stereocenters. The van der Waals surface area contributed by atoms with Crippen molar-refractivity contribution in [1.82, 2.24) is 9.80 Å². The fourth-order valence-electron chi connectivity index (χ4n) is 3.59. The van der Waals surface area contributed by atoms with Crippen molar-refractivity contribution in [2.75, 3.05) is 26.2 Å². The van der Waals surface area contributed by atoms with Crippen LogP contribution in [0.25, 0.3) is 0 Å². The predicted octanol–water partition coefficient (Wildman–Crippen LogP) is 4.46. The fourth-order valence-corrected chi connectivity index (χ4v) is 3.89. The number of ether oxygens (including phenoxy) is 1. The van der Waals surface area contributed by atoms with Crippen LogP contribution in [0.15, 0.2) is 34.7 Å². The van der Waals surface area contributed by atoms with Crippen LogP contribution in [0.3, 0.4) is 0 Å². The molecule has 0 radical (unpaired) electrons. The summed E-state index contributed by atoms with van der Waals surface area (Å²) in [7, 11) is 0. The Morgan fingerprint density at radius 1 is 1.21 bits per heavy atom. The number of rotatable bonds is 6. The Balaban J connectivity index is 1.39. The molecule has 1 aromatic heterocycles. The van der Waals surface area contributed by atoms with Gasteiger partial charge in [-0.25, -0.2) is 0 Å². The molecule has 0 bridgehead atoms. The molecule has 1 saturated heterocycles. The van der Waals surface area contributed by atoms with Gasteiger partial charge in [0.25, 0.3) is 0 Å². The van der Waals surface area contributed by atoms with E-state index < -0.39 is 0 Å². The first-order chi connectivity index (χ1) is 13.5. The van der Waals surface area contributed by atoms with Crippen LogP contribution in [0.1, 0.15) is 36.0 Å². The van der Waals surface area contributed by atoms with Gasteiger partial charge in [-0.1, -0.05) is 29.3 Å². The molecule has 2 fully saturated rings. The molecule has 0 spiro atoms. The zero-order valence-corrected chi connectivity index (χ0v) is 17.4. The Kier molecular flexibility index (Phi) is 5.97. The van der Waals surface area contributed by atoms with Crippen LogP contribution in [-0.2, 0) is 16.1 Å². The van der Waals surface area contributed by atoms with E-state index >= 15 is 0 Å². The van der Waals surface area contributed by atoms with Gasteiger partial charge in [-0.15, -0.1) is 0 Å². The number of hydrogen-bond acceptors (Lipinski definition) is 4. The normalized spacial score (nSPS) is 20.3. The summed E-state index contributed by atoms with van der Waals surface area (Å²) < 4.78 is 11.6. The minimum absolute atomic E-state index is 0.113. The molecule has 0 N–H and O–H groups in total. The average molecular weight is 423 g/mol. The van der Waals surface area contributed by atoms with E-state index in [0.29, 0.717) is 42.3 Å². The second-order valence-electron chi connectivity index (χ2n) is 7.53. The van der Waals surface area contributed by atoms with Gasteiger partial charge in [-0.05, 0) is 49.6 Å². The first-order valence-electron chi connectivity index (χ1n) is 9.63. The van der Waals surface area contributed by atoms with E-state index in [1.165, 1.54) is 0 Å². The van der Waals surface area contributed by atoms with Crippen molar-refractivity contribution < 1.29 is 13.9 Å². The van der Waals surface area contributed by atoms with Crippen molar-refractivity contribution in [3.05, 3.63) is 57.5 Å². The standard InChI is InChI=1S/C21H24Cl2N2O3/c1-14-2-6-17(28-14)11-25(16-4-5-16)21(26)13-24-8-9-27-20(12-24)15-3-7-18(22)19(23)10-15/h2-3,6-7,10,16,20H,4-5,8-9,11-13H2,1H3. The molecule has 2 aromatic rings. The largest absolute Gasteiger partial charge is 0.464 e. The number of carbonyl (C=O) groups is 1. The van der Waals surface area contributed by atoms with Gasteiger partial charge in [-0.2, -0.15) is 0 Å². The highest BCUT2D eigenvalue weighted by Gasteiger charge is 2.34. The van der Waals surface area contributed by atoms with Crippen molar-refractivity contribution in [2.45, 2.75) is 38.5 Å². The topological polar surface area (TPSA) is 45.9 Å². The minimum Gasteiger partial charge on any atom is -0.464 e. The molecule has 1 amide bonds. The van der Waals surface area contributed by atoms with Crippen molar-refractivity contribution >= 4 is 29.1 Å². The van der Waals surface area contributed by atoms with Crippen LogP contribution >= 0.6 is 23.2 Å². The van der Waals surface area contributed by atoms with Gasteiger partial charge >= 0.3 is 0 Å². The van der Waals surface area contributed by atoms with Crippen molar-refractivity contribution in [3.8, 4) is 0 Å². The number of amides is 1. The third-order valence-electron chi connectivity index (χ3n) is 5.26. The maximum atomic E-state index is 13.0. The highest BCUT2D eigenvalue weighted by molar-refractivity contribution is 6.42. The summed E-state index contributed by atoms with van der Waals surface area (Å²) in [5.41, 5.74) is 0.983. The lowest BCUT2D eigenvalue weighted by atomic mass is 10.1. The van der Waals surface area contributed by atoms with Gasteiger partial charge in [-0.3, -0.25) is 9.69 Å². The molecule has 150 valence electrons. The highest BCUT2D eigenvalue weighted by Crippen LogP contribution is 2.31. The van der Waals surface area contributed by atoms with E-state index in [4.69, 9.17) is 32.4 Å². The maximum absolute atomic E-state index is 13.0. The Hall–Kier alpha value is -1.53. The van der Waals surface area contributed by atoms with Crippen LogP contribution in [0.5, 0.6) is 0 Å². The van der Waals surface area contributed by atoms with E-state index in [-0.39, 0.29) is 12.0 Å². The van der Waals surface area contributed by atoms with Gasteiger partial charge in [0.05, 0.1) is 35.8 Å². The van der Waals surface area contributed by atoms with Crippen molar-refractivity contribution in [1.29, 1.82) is 0 Å². The van der Waals surface area contributed by atoms with Gasteiger partial charge in [0, 0.05) is 19.1 Å². The molecule has 1 aromatic carbocycles. The number of nitrogens with zero attached hydrogens (tertiary/aromatic N) is 2. The molecule has 28 heavy (non-hydrogen) atoms. The van der Waals surface area contributed by atoms with E-state index in [1.54, 1.807) is 6.07 Å². The average Bonchev–Trinajstić information content (AvgIpc) is 3.43. The summed E-state index contributed by atoms with van der Waals surface area (Å²) >= 11 is 12.2. The molecular formula is C21H24Cl2N2O3. The molecule has 2 heterocycles. The number of halogens is 2. The summed E-state index contributed by atoms with van der Waals surface area (Å²) in [4.78, 5) is 17.1. The van der Waals surface area contributed by atoms with Crippen LogP contribution in [0.2, 0.25) is 10.0 Å². The van der Waals surface area contributed by atoms with Gasteiger partial charge < -0.3 is 14.1 Å². The molecular weight excluding hydrogens is 399 g/mol. The Bertz CT molecular complexity index is 850. The van der Waals surface area contributed by atoms with Gasteiger partial charge in [0.1, 0.15) is 11.5 Å². The summed E-state index contributed by atoms with van der Waals surface area (Å²) in [6.45, 7) is 4.82. The summed E-state index contributed by atoms with van der Waals surface area (Å²) in [6.07, 6.45) is 2.03. The number of aryl methyl sites for hydroxylation is 1. The number of morpholine rings is 1. The van der Waals surface area contributed by atoms with Crippen molar-refractivity contribution in [2.24, 2.45) is 0 Å². The van der Waals surface area contributed by atoms with Gasteiger partial charge in [0.15, 0.2) is 0 Å². The molecule has 4 rings (SSSR count). The molecule has 5 nitrogen and oxygen atoms in total. The predicted molar refractivity (Wildman–Crippen MR) is 109 cm³/mol. The van der Waals surface area contributed by atoms with E-state index in [9.17, 15) is 4.79 Å². The zero-order chi connectivity index (χ0) is 19.7. The second-order valence-corrected chi connectivity index (χ2v) is 8.35. The zero-order valence-electron chi connectivity index (χ0n) is 15.9. The third-order valence-corrected chi connectivity index (χ3v) is 5.99. The number of benzene rings is 1. The number of carbonyl (C=O) groups excluding carboxylic acids is 1. The lowest BCUT2D eigenvalue weighted by molar-refractivity contribution is -0.136. The monoisotopic (exact) mass is 422 g/mol. The molecule has 1 atom stereocenters. The van der Waals surface area contributed by atoms with Crippen LogP contribution in [0.4, 0.5) is 0 Å². The maximum Gasteiger partial charge on any atom is 0.237 e. The molecule has 1 saturated carbocycles. The Labute approximate surface area is 175 Å². The Morgan fingerprint density at radius 3 is 2.71 bits per heavy atom. The van der Waals surface area contributed by atoms with E-state index in [2.05, 4.69) is 4.90 Å². The van der Waals surface area contributed by atoms with Crippen LogP contribution in [0, 0.1) is 6.92 Å². The molecule has 7 heteroatoms. The van der Waals surface area contributed by atoms with E-state index in [0.717, 1.165) is 36.5 Å². The second kappa shape index (κ2) is 8.46. The summed E-state index contributed by atoms with van der Waals surface area (Å²) in [5.74, 6) is 1.86. The third kappa shape index (κ3) is 4.71.